The van der Waals surface area contributed by atoms with E-state index in [9.17, 15) is 4.39 Å². The van der Waals surface area contributed by atoms with Crippen molar-refractivity contribution < 1.29 is 4.39 Å². The van der Waals surface area contributed by atoms with Gasteiger partial charge in [0.25, 0.3) is 0 Å². The zero-order chi connectivity index (χ0) is 12.3. The van der Waals surface area contributed by atoms with Gasteiger partial charge in [0.05, 0.1) is 5.69 Å². The third-order valence-electron chi connectivity index (χ3n) is 2.46. The van der Waals surface area contributed by atoms with Gasteiger partial charge in [0.15, 0.2) is 0 Å². The summed E-state index contributed by atoms with van der Waals surface area (Å²) in [7, 11) is 0. The standard InChI is InChI=1S/C14H11ClFN/c1-10-13(15)3-2-4-14(10)17-9-11-5-7-12(16)8-6-11/h2-9H,1H3. The molecule has 0 aliphatic carbocycles. The van der Waals surface area contributed by atoms with E-state index in [1.807, 2.05) is 25.1 Å². The molecule has 0 heterocycles. The Bertz CT molecular complexity index is 547. The molecule has 0 saturated heterocycles. The fraction of sp³-hybridized carbons (Fsp3) is 0.0714. The van der Waals surface area contributed by atoms with Crippen molar-refractivity contribution in [2.75, 3.05) is 0 Å². The molecule has 2 aromatic rings. The monoisotopic (exact) mass is 247 g/mol. The van der Waals surface area contributed by atoms with Crippen molar-refractivity contribution in [1.29, 1.82) is 0 Å². The molecule has 0 bridgehead atoms. The van der Waals surface area contributed by atoms with E-state index in [1.165, 1.54) is 12.1 Å². The molecule has 2 rings (SSSR count). The van der Waals surface area contributed by atoms with Crippen molar-refractivity contribution in [2.24, 2.45) is 4.99 Å². The summed E-state index contributed by atoms with van der Waals surface area (Å²) in [6.45, 7) is 1.92. The van der Waals surface area contributed by atoms with Crippen LogP contribution >= 0.6 is 11.6 Å². The van der Waals surface area contributed by atoms with Crippen molar-refractivity contribution in [3.05, 3.63) is 64.4 Å². The van der Waals surface area contributed by atoms with Crippen LogP contribution in [0.1, 0.15) is 11.1 Å². The summed E-state index contributed by atoms with van der Waals surface area (Å²) >= 11 is 5.99. The second kappa shape index (κ2) is 5.11. The van der Waals surface area contributed by atoms with Crippen molar-refractivity contribution in [2.45, 2.75) is 6.92 Å². The molecular formula is C14H11ClFN. The minimum Gasteiger partial charge on any atom is -0.256 e. The number of halogens is 2. The summed E-state index contributed by atoms with van der Waals surface area (Å²) in [6, 6.07) is 11.7. The second-order valence-electron chi connectivity index (χ2n) is 3.69. The molecule has 0 radical (unpaired) electrons. The summed E-state index contributed by atoms with van der Waals surface area (Å²) in [6.07, 6.45) is 1.69. The Morgan fingerprint density at radius 3 is 2.53 bits per heavy atom. The van der Waals surface area contributed by atoms with E-state index in [2.05, 4.69) is 4.99 Å². The SMILES string of the molecule is Cc1c(Cl)cccc1N=Cc1ccc(F)cc1. The third kappa shape index (κ3) is 2.92. The number of benzene rings is 2. The minimum absolute atomic E-state index is 0.249. The molecule has 0 unspecified atom stereocenters. The van der Waals surface area contributed by atoms with Crippen LogP contribution in [0.2, 0.25) is 5.02 Å². The quantitative estimate of drug-likeness (QED) is 0.691. The average Bonchev–Trinajstić information content (AvgIpc) is 2.33. The molecule has 86 valence electrons. The number of nitrogens with zero attached hydrogens (tertiary/aromatic N) is 1. The van der Waals surface area contributed by atoms with Crippen LogP contribution in [0.15, 0.2) is 47.5 Å². The summed E-state index contributed by atoms with van der Waals surface area (Å²) in [5.41, 5.74) is 2.61. The van der Waals surface area contributed by atoms with Gasteiger partial charge in [0, 0.05) is 11.2 Å². The number of hydrogen-bond donors (Lipinski definition) is 0. The summed E-state index contributed by atoms with van der Waals surface area (Å²) in [5.74, 6) is -0.249. The van der Waals surface area contributed by atoms with Crippen LogP contribution < -0.4 is 0 Å². The summed E-state index contributed by atoms with van der Waals surface area (Å²) in [5, 5.41) is 0.693. The van der Waals surface area contributed by atoms with Gasteiger partial charge in [-0.1, -0.05) is 29.8 Å². The van der Waals surface area contributed by atoms with Crippen LogP contribution in [0.4, 0.5) is 10.1 Å². The van der Waals surface area contributed by atoms with E-state index in [0.717, 1.165) is 16.8 Å². The minimum atomic E-state index is -0.249. The van der Waals surface area contributed by atoms with Crippen molar-refractivity contribution in [3.63, 3.8) is 0 Å². The van der Waals surface area contributed by atoms with Gasteiger partial charge in [-0.05, 0) is 42.3 Å². The molecule has 0 amide bonds. The highest BCUT2D eigenvalue weighted by Gasteiger charge is 1.99. The maximum Gasteiger partial charge on any atom is 0.123 e. The Kier molecular flexibility index (Phi) is 3.55. The van der Waals surface area contributed by atoms with E-state index in [1.54, 1.807) is 18.3 Å². The molecule has 0 N–H and O–H groups in total. The Morgan fingerprint density at radius 1 is 1.12 bits per heavy atom. The Morgan fingerprint density at radius 2 is 1.82 bits per heavy atom. The highest BCUT2D eigenvalue weighted by atomic mass is 35.5. The van der Waals surface area contributed by atoms with Crippen molar-refractivity contribution in [1.82, 2.24) is 0 Å². The lowest BCUT2D eigenvalue weighted by Crippen LogP contribution is -1.82. The van der Waals surface area contributed by atoms with Gasteiger partial charge in [-0.3, -0.25) is 4.99 Å². The molecule has 0 aromatic heterocycles. The lowest BCUT2D eigenvalue weighted by Gasteiger charge is -2.01. The molecule has 2 aromatic carbocycles. The van der Waals surface area contributed by atoms with Gasteiger partial charge >= 0.3 is 0 Å². The van der Waals surface area contributed by atoms with E-state index in [4.69, 9.17) is 11.6 Å². The van der Waals surface area contributed by atoms with Crippen LogP contribution in [0.25, 0.3) is 0 Å². The fourth-order valence-electron chi connectivity index (χ4n) is 1.43. The molecule has 0 saturated carbocycles. The lowest BCUT2D eigenvalue weighted by atomic mass is 10.2. The molecule has 0 spiro atoms. The zero-order valence-electron chi connectivity index (χ0n) is 9.32. The van der Waals surface area contributed by atoms with Crippen LogP contribution in [0, 0.1) is 12.7 Å². The Balaban J connectivity index is 2.26. The van der Waals surface area contributed by atoms with Gasteiger partial charge in [-0.15, -0.1) is 0 Å². The number of hydrogen-bond acceptors (Lipinski definition) is 1. The fourth-order valence-corrected chi connectivity index (χ4v) is 1.60. The average molecular weight is 248 g/mol. The molecule has 0 aliphatic rings. The van der Waals surface area contributed by atoms with E-state index < -0.39 is 0 Å². The molecular weight excluding hydrogens is 237 g/mol. The van der Waals surface area contributed by atoms with Gasteiger partial charge < -0.3 is 0 Å². The molecule has 3 heteroatoms. The molecule has 17 heavy (non-hydrogen) atoms. The second-order valence-corrected chi connectivity index (χ2v) is 4.10. The van der Waals surface area contributed by atoms with Gasteiger partial charge in [0.1, 0.15) is 5.82 Å². The molecule has 0 fully saturated rings. The molecule has 1 nitrogen and oxygen atoms in total. The van der Waals surface area contributed by atoms with Crippen molar-refractivity contribution >= 4 is 23.5 Å². The van der Waals surface area contributed by atoms with Gasteiger partial charge in [-0.25, -0.2) is 4.39 Å². The van der Waals surface area contributed by atoms with Crippen molar-refractivity contribution in [3.8, 4) is 0 Å². The molecule has 0 atom stereocenters. The summed E-state index contributed by atoms with van der Waals surface area (Å²) < 4.78 is 12.7. The Hall–Kier alpha value is -1.67. The van der Waals surface area contributed by atoms with E-state index in [-0.39, 0.29) is 5.82 Å². The van der Waals surface area contributed by atoms with Crippen LogP contribution in [-0.4, -0.2) is 6.21 Å². The molecule has 0 aliphatic heterocycles. The van der Waals surface area contributed by atoms with E-state index in [0.29, 0.717) is 5.02 Å². The highest BCUT2D eigenvalue weighted by Crippen LogP contribution is 2.25. The largest absolute Gasteiger partial charge is 0.256 e. The number of aliphatic imine (C=N–C) groups is 1. The van der Waals surface area contributed by atoms with Crippen LogP contribution in [0.3, 0.4) is 0 Å². The maximum absolute atomic E-state index is 12.7. The van der Waals surface area contributed by atoms with Gasteiger partial charge in [-0.2, -0.15) is 0 Å². The van der Waals surface area contributed by atoms with Crippen LogP contribution in [0.5, 0.6) is 0 Å². The smallest absolute Gasteiger partial charge is 0.123 e. The number of rotatable bonds is 2. The first-order valence-corrected chi connectivity index (χ1v) is 5.59. The summed E-state index contributed by atoms with van der Waals surface area (Å²) in [4.78, 5) is 4.33. The van der Waals surface area contributed by atoms with Gasteiger partial charge in [0.2, 0.25) is 0 Å². The van der Waals surface area contributed by atoms with Crippen LogP contribution in [-0.2, 0) is 0 Å². The lowest BCUT2D eigenvalue weighted by molar-refractivity contribution is 0.628. The predicted octanol–water partition coefficient (Wildman–Crippen LogP) is 4.54. The van der Waals surface area contributed by atoms with E-state index >= 15 is 0 Å². The highest BCUT2D eigenvalue weighted by molar-refractivity contribution is 6.31. The normalized spacial score (nSPS) is 11.0. The first-order chi connectivity index (χ1) is 8.16. The Labute approximate surface area is 105 Å². The topological polar surface area (TPSA) is 12.4 Å². The third-order valence-corrected chi connectivity index (χ3v) is 2.87. The first-order valence-electron chi connectivity index (χ1n) is 5.21. The first kappa shape index (κ1) is 11.8. The maximum atomic E-state index is 12.7. The predicted molar refractivity (Wildman–Crippen MR) is 69.8 cm³/mol. The zero-order valence-corrected chi connectivity index (χ0v) is 10.1.